The smallest absolute Gasteiger partial charge is 0.326 e. The number of rotatable bonds is 5. The first-order valence-electron chi connectivity index (χ1n) is 7.87. The van der Waals surface area contributed by atoms with Crippen molar-refractivity contribution in [1.82, 2.24) is 5.32 Å². The Kier molecular flexibility index (Phi) is 5.98. The number of para-hydroxylation sites is 1. The van der Waals surface area contributed by atoms with Gasteiger partial charge in [-0.25, -0.2) is 4.79 Å². The minimum absolute atomic E-state index is 0.328. The van der Waals surface area contributed by atoms with Crippen LogP contribution in [0.3, 0.4) is 0 Å². The van der Waals surface area contributed by atoms with E-state index in [1.165, 1.54) is 26.4 Å². The Morgan fingerprint density at radius 2 is 1.96 bits per heavy atom. The van der Waals surface area contributed by atoms with Crippen LogP contribution in [0.1, 0.15) is 43.0 Å². The molecule has 2 heterocycles. The number of aliphatic carboxylic acids is 1. The van der Waals surface area contributed by atoms with E-state index in [0.717, 1.165) is 0 Å². The number of carboxylic acid groups (broad SMARTS) is 1. The predicted molar refractivity (Wildman–Crippen MR) is 84.7 cm³/mol. The molecule has 3 aliphatic rings. The van der Waals surface area contributed by atoms with Crippen LogP contribution in [0.15, 0.2) is 24.3 Å². The number of fused-ring (bicyclic) bond motifs is 1. The van der Waals surface area contributed by atoms with Gasteiger partial charge in [0.1, 0.15) is 11.8 Å². The van der Waals surface area contributed by atoms with Crippen LogP contribution in [0, 0.1) is 0 Å². The molecule has 4 rings (SSSR count). The highest BCUT2D eigenvalue weighted by Gasteiger charge is 2.36. The van der Waals surface area contributed by atoms with E-state index in [4.69, 9.17) is 14.6 Å². The van der Waals surface area contributed by atoms with Crippen LogP contribution in [-0.4, -0.2) is 42.3 Å². The normalized spacial score (nSPS) is 22.2. The first-order chi connectivity index (χ1) is 11.0. The van der Waals surface area contributed by atoms with Gasteiger partial charge in [-0.3, -0.25) is 4.79 Å². The lowest BCUT2D eigenvalue weighted by Gasteiger charge is -2.23. The highest BCUT2D eigenvalue weighted by molar-refractivity contribution is 5.98. The molecule has 0 aromatic heterocycles. The third-order valence-electron chi connectivity index (χ3n) is 4.08. The molecule has 1 aromatic rings. The molecule has 3 unspecified atom stereocenters. The zero-order chi connectivity index (χ0) is 16.8. The summed E-state index contributed by atoms with van der Waals surface area (Å²) in [5.41, 5.74) is 0.328. The molecule has 6 heteroatoms. The summed E-state index contributed by atoms with van der Waals surface area (Å²) in [6.45, 7) is 1.70. The molecule has 0 spiro atoms. The van der Waals surface area contributed by atoms with Gasteiger partial charge in [-0.2, -0.15) is 0 Å². The Morgan fingerprint density at radius 3 is 2.39 bits per heavy atom. The van der Waals surface area contributed by atoms with Crippen LogP contribution in [0.2, 0.25) is 0 Å². The number of carbonyl (C=O) groups is 2. The van der Waals surface area contributed by atoms with Gasteiger partial charge in [0, 0.05) is 0 Å². The summed E-state index contributed by atoms with van der Waals surface area (Å²) in [5.74, 6) is -1.07. The molecule has 1 saturated carbocycles. The van der Waals surface area contributed by atoms with Crippen LogP contribution in [0.4, 0.5) is 0 Å². The van der Waals surface area contributed by atoms with E-state index in [9.17, 15) is 9.59 Å². The van der Waals surface area contributed by atoms with Crippen LogP contribution in [-0.2, 0) is 9.53 Å². The molecule has 1 aliphatic carbocycles. The summed E-state index contributed by atoms with van der Waals surface area (Å²) in [6, 6.07) is 5.79. The Hall–Kier alpha value is -2.08. The number of carboxylic acids is 1. The van der Waals surface area contributed by atoms with E-state index in [2.05, 4.69) is 5.32 Å². The fourth-order valence-corrected chi connectivity index (χ4v) is 2.70. The van der Waals surface area contributed by atoms with Gasteiger partial charge < -0.3 is 19.9 Å². The predicted octanol–water partition coefficient (Wildman–Crippen LogP) is 2.23. The number of ether oxygens (including phenoxy) is 2. The molecular formula is C17H23NO5. The van der Waals surface area contributed by atoms with Crippen molar-refractivity contribution < 1.29 is 24.2 Å². The van der Waals surface area contributed by atoms with Crippen molar-refractivity contribution in [3.05, 3.63) is 29.8 Å². The SMILES string of the molecule is C1CC2CC1O2.CCC(NC(=O)c1ccccc1OC)C(=O)O. The van der Waals surface area contributed by atoms with Gasteiger partial charge in [0.15, 0.2) is 0 Å². The molecule has 23 heavy (non-hydrogen) atoms. The minimum Gasteiger partial charge on any atom is -0.496 e. The number of carbonyl (C=O) groups excluding carboxylic acids is 1. The van der Waals surface area contributed by atoms with E-state index in [1.807, 2.05) is 0 Å². The quantitative estimate of drug-likeness (QED) is 0.868. The fourth-order valence-electron chi connectivity index (χ4n) is 2.70. The van der Waals surface area contributed by atoms with Gasteiger partial charge in [-0.15, -0.1) is 0 Å². The fraction of sp³-hybridized carbons (Fsp3) is 0.529. The standard InChI is InChI=1S/C12H15NO4.C5H8O/c1-3-9(12(15)16)13-11(14)8-6-4-5-7-10(8)17-2;1-2-5-3-4(1)6-5/h4-7,9H,3H2,1-2H3,(H,13,14)(H,15,16);4-5H,1-3H2. The average molecular weight is 321 g/mol. The highest BCUT2D eigenvalue weighted by atomic mass is 16.5. The molecule has 126 valence electrons. The van der Waals surface area contributed by atoms with Crippen LogP contribution in [0.25, 0.3) is 0 Å². The van der Waals surface area contributed by atoms with Gasteiger partial charge in [-0.1, -0.05) is 19.1 Å². The van der Waals surface area contributed by atoms with Crippen molar-refractivity contribution in [2.24, 2.45) is 0 Å². The third kappa shape index (κ3) is 4.45. The summed E-state index contributed by atoms with van der Waals surface area (Å²) < 4.78 is 10.3. The lowest BCUT2D eigenvalue weighted by atomic mass is 10.1. The highest BCUT2D eigenvalue weighted by Crippen LogP contribution is 2.36. The topological polar surface area (TPSA) is 84.9 Å². The van der Waals surface area contributed by atoms with Gasteiger partial charge >= 0.3 is 5.97 Å². The number of nitrogens with one attached hydrogen (secondary N) is 1. The van der Waals surface area contributed by atoms with Crippen molar-refractivity contribution in [1.29, 1.82) is 0 Å². The molecule has 6 nitrogen and oxygen atoms in total. The first kappa shape index (κ1) is 17.3. The summed E-state index contributed by atoms with van der Waals surface area (Å²) in [7, 11) is 1.46. The van der Waals surface area contributed by atoms with E-state index < -0.39 is 17.9 Å². The summed E-state index contributed by atoms with van der Waals surface area (Å²) in [5, 5.41) is 11.3. The second kappa shape index (κ2) is 7.97. The molecule has 0 radical (unpaired) electrons. The second-order valence-electron chi connectivity index (χ2n) is 5.67. The maximum Gasteiger partial charge on any atom is 0.326 e. The number of methoxy groups -OCH3 is 1. The Morgan fingerprint density at radius 1 is 1.35 bits per heavy atom. The zero-order valence-corrected chi connectivity index (χ0v) is 13.5. The molecule has 2 aliphatic heterocycles. The Labute approximate surface area is 135 Å². The average Bonchev–Trinajstić information content (AvgIpc) is 3.17. The number of benzene rings is 1. The van der Waals surface area contributed by atoms with E-state index >= 15 is 0 Å². The van der Waals surface area contributed by atoms with Crippen LogP contribution < -0.4 is 10.1 Å². The molecule has 3 atom stereocenters. The van der Waals surface area contributed by atoms with E-state index in [1.54, 1.807) is 31.2 Å². The molecule has 1 aromatic carbocycles. The van der Waals surface area contributed by atoms with Gasteiger partial charge in [0.25, 0.3) is 5.91 Å². The summed E-state index contributed by atoms with van der Waals surface area (Å²) in [4.78, 5) is 22.6. The lowest BCUT2D eigenvalue weighted by molar-refractivity contribution is -0.139. The molecule has 2 saturated heterocycles. The van der Waals surface area contributed by atoms with Crippen LogP contribution >= 0.6 is 0 Å². The first-order valence-corrected chi connectivity index (χ1v) is 7.87. The molecule has 1 amide bonds. The molecule has 2 bridgehead atoms. The molecule has 2 N–H and O–H groups in total. The van der Waals surface area contributed by atoms with Crippen molar-refractivity contribution >= 4 is 11.9 Å². The van der Waals surface area contributed by atoms with Crippen molar-refractivity contribution in [3.8, 4) is 5.75 Å². The number of hydrogen-bond acceptors (Lipinski definition) is 4. The maximum absolute atomic E-state index is 11.8. The lowest BCUT2D eigenvalue weighted by Crippen LogP contribution is -2.40. The second-order valence-corrected chi connectivity index (χ2v) is 5.67. The van der Waals surface area contributed by atoms with Crippen LogP contribution in [0.5, 0.6) is 5.75 Å². The third-order valence-corrected chi connectivity index (χ3v) is 4.08. The summed E-state index contributed by atoms with van der Waals surface area (Å²) in [6.07, 6.45) is 5.75. The van der Waals surface area contributed by atoms with E-state index in [0.29, 0.717) is 29.9 Å². The van der Waals surface area contributed by atoms with Crippen molar-refractivity contribution in [2.75, 3.05) is 7.11 Å². The van der Waals surface area contributed by atoms with Crippen molar-refractivity contribution in [3.63, 3.8) is 0 Å². The molecule has 3 fully saturated rings. The number of amides is 1. The van der Waals surface area contributed by atoms with Gasteiger partial charge in [0.05, 0.1) is 24.9 Å². The minimum atomic E-state index is -1.05. The van der Waals surface area contributed by atoms with Gasteiger partial charge in [-0.05, 0) is 37.8 Å². The monoisotopic (exact) mass is 321 g/mol. The zero-order valence-electron chi connectivity index (χ0n) is 13.5. The number of hydrogen-bond donors (Lipinski definition) is 2. The summed E-state index contributed by atoms with van der Waals surface area (Å²) >= 11 is 0. The maximum atomic E-state index is 11.8. The molecular weight excluding hydrogens is 298 g/mol. The van der Waals surface area contributed by atoms with E-state index in [-0.39, 0.29) is 0 Å². The van der Waals surface area contributed by atoms with Crippen molar-refractivity contribution in [2.45, 2.75) is 50.9 Å². The Bertz CT molecular complexity index is 540. The van der Waals surface area contributed by atoms with Gasteiger partial charge in [0.2, 0.25) is 0 Å². The Balaban J connectivity index is 0.000000260. The largest absolute Gasteiger partial charge is 0.496 e.